The average molecular weight is 429 g/mol. The number of carbonyl (C=O) groups is 2. The minimum Gasteiger partial charge on any atom is -0.480 e. The molecule has 4 N–H and O–H groups in total. The lowest BCUT2D eigenvalue weighted by Crippen LogP contribution is -2.54. The van der Waals surface area contributed by atoms with E-state index in [1.807, 2.05) is 25.1 Å². The smallest absolute Gasteiger partial charge is 0.327 e. The molecule has 1 rings (SSSR count). The van der Waals surface area contributed by atoms with Gasteiger partial charge in [0.15, 0.2) is 0 Å². The zero-order valence-corrected chi connectivity index (χ0v) is 18.0. The Morgan fingerprint density at radius 1 is 1.17 bits per heavy atom. The highest BCUT2D eigenvalue weighted by Gasteiger charge is 2.41. The summed E-state index contributed by atoms with van der Waals surface area (Å²) in [7, 11) is -4.31. The van der Waals surface area contributed by atoms with Gasteiger partial charge in [-0.25, -0.2) is 17.5 Å². The van der Waals surface area contributed by atoms with E-state index < -0.39 is 58.7 Å². The van der Waals surface area contributed by atoms with Gasteiger partial charge in [0.1, 0.15) is 6.04 Å². The number of aliphatic hydroxyl groups is 1. The first-order valence-corrected chi connectivity index (χ1v) is 11.3. The maximum atomic E-state index is 13.1. The van der Waals surface area contributed by atoms with Crippen LogP contribution in [0.25, 0.3) is 0 Å². The van der Waals surface area contributed by atoms with Crippen LogP contribution in [0.2, 0.25) is 0 Å². The van der Waals surface area contributed by atoms with Crippen LogP contribution in [-0.4, -0.2) is 59.3 Å². The number of rotatable bonds is 12. The molecule has 1 amide bonds. The molecule has 0 radical (unpaired) electrons. The van der Waals surface area contributed by atoms with Gasteiger partial charge in [-0.3, -0.25) is 4.79 Å². The molecule has 8 nitrogen and oxygen atoms in total. The Kier molecular flexibility index (Phi) is 9.75. The van der Waals surface area contributed by atoms with Crippen LogP contribution in [0.5, 0.6) is 0 Å². The zero-order valence-electron chi connectivity index (χ0n) is 17.2. The summed E-state index contributed by atoms with van der Waals surface area (Å²) in [6.07, 6.45) is 0.513. The molecule has 1 aromatic rings. The summed E-state index contributed by atoms with van der Waals surface area (Å²) in [5.74, 6) is -3.73. The molecule has 9 heteroatoms. The van der Waals surface area contributed by atoms with Crippen LogP contribution in [0.4, 0.5) is 0 Å². The zero-order chi connectivity index (χ0) is 22.2. The summed E-state index contributed by atoms with van der Waals surface area (Å²) in [5.41, 5.74) is 6.82. The lowest BCUT2D eigenvalue weighted by molar-refractivity contribution is -0.147. The number of carbonyl (C=O) groups excluding carboxylic acids is 1. The molecule has 1 aromatic carbocycles. The first kappa shape index (κ1) is 25.1. The first-order chi connectivity index (χ1) is 13.5. The van der Waals surface area contributed by atoms with E-state index in [0.717, 1.165) is 5.56 Å². The van der Waals surface area contributed by atoms with Crippen LogP contribution in [0.1, 0.15) is 39.2 Å². The molecule has 0 spiro atoms. The Morgan fingerprint density at radius 3 is 2.24 bits per heavy atom. The molecule has 0 aliphatic rings. The van der Waals surface area contributed by atoms with E-state index in [0.29, 0.717) is 10.7 Å². The van der Waals surface area contributed by atoms with Crippen molar-refractivity contribution in [3.05, 3.63) is 35.9 Å². The standard InChI is InChI=1S/C20H32N2O6S/c1-4-14(2)17(21)13-29(27,28)22(18(10-11-23)20(25)26)19(24)15(3)12-16-8-6-5-7-9-16/h5-9,14-15,17-18,23H,4,10-13,21H2,1-3H3,(H,25,26)/t14-,15?,17?,18-/m0/s1. The number of aliphatic carboxylic acids is 1. The van der Waals surface area contributed by atoms with Gasteiger partial charge in [0.25, 0.3) is 0 Å². The van der Waals surface area contributed by atoms with E-state index in [1.165, 1.54) is 0 Å². The molecule has 0 aliphatic heterocycles. The van der Waals surface area contributed by atoms with Gasteiger partial charge in [-0.2, -0.15) is 0 Å². The largest absolute Gasteiger partial charge is 0.480 e. The summed E-state index contributed by atoms with van der Waals surface area (Å²) >= 11 is 0. The van der Waals surface area contributed by atoms with E-state index in [1.54, 1.807) is 26.0 Å². The van der Waals surface area contributed by atoms with Crippen LogP contribution in [0.3, 0.4) is 0 Å². The van der Waals surface area contributed by atoms with Crippen molar-refractivity contribution in [1.29, 1.82) is 0 Å². The Balaban J connectivity index is 3.25. The first-order valence-electron chi connectivity index (χ1n) is 9.74. The lowest BCUT2D eigenvalue weighted by Gasteiger charge is -2.32. The molecule has 4 atom stereocenters. The van der Waals surface area contributed by atoms with Crippen LogP contribution in [0, 0.1) is 11.8 Å². The molecule has 164 valence electrons. The van der Waals surface area contributed by atoms with Crippen molar-refractivity contribution >= 4 is 21.9 Å². The van der Waals surface area contributed by atoms with Crippen LogP contribution in [-0.2, 0) is 26.0 Å². The fourth-order valence-electron chi connectivity index (χ4n) is 3.01. The highest BCUT2D eigenvalue weighted by Crippen LogP contribution is 2.21. The summed E-state index contributed by atoms with van der Waals surface area (Å²) < 4.78 is 26.6. The molecule has 0 aliphatic carbocycles. The number of nitrogens with zero attached hydrogens (tertiary/aromatic N) is 1. The Labute approximate surface area is 172 Å². The number of hydrogen-bond acceptors (Lipinski definition) is 6. The molecule has 0 heterocycles. The van der Waals surface area contributed by atoms with Crippen molar-refractivity contribution in [3.8, 4) is 0 Å². The molecule has 0 aromatic heterocycles. The van der Waals surface area contributed by atoms with Gasteiger partial charge < -0.3 is 15.9 Å². The molecular formula is C20H32N2O6S. The fourth-order valence-corrected chi connectivity index (χ4v) is 5.02. The summed E-state index contributed by atoms with van der Waals surface area (Å²) in [6, 6.07) is 6.63. The fraction of sp³-hybridized carbons (Fsp3) is 0.600. The van der Waals surface area contributed by atoms with Crippen molar-refractivity contribution in [2.45, 2.75) is 52.1 Å². The van der Waals surface area contributed by atoms with Gasteiger partial charge in [0.2, 0.25) is 15.9 Å². The monoisotopic (exact) mass is 428 g/mol. The highest BCUT2D eigenvalue weighted by molar-refractivity contribution is 7.89. The number of sulfonamides is 1. The predicted octanol–water partition coefficient (Wildman–Crippen LogP) is 1.23. The molecule has 0 bridgehead atoms. The van der Waals surface area contributed by atoms with Crippen molar-refractivity contribution in [3.63, 3.8) is 0 Å². The third kappa shape index (κ3) is 7.09. The number of benzene rings is 1. The molecular weight excluding hydrogens is 396 g/mol. The van der Waals surface area contributed by atoms with Gasteiger partial charge >= 0.3 is 5.97 Å². The highest BCUT2D eigenvalue weighted by atomic mass is 32.2. The van der Waals surface area contributed by atoms with Crippen LogP contribution < -0.4 is 5.73 Å². The summed E-state index contributed by atoms with van der Waals surface area (Å²) in [5, 5.41) is 18.8. The minimum absolute atomic E-state index is 0.121. The Bertz CT molecular complexity index is 768. The van der Waals surface area contributed by atoms with E-state index in [9.17, 15) is 28.2 Å². The number of amides is 1. The second-order valence-electron chi connectivity index (χ2n) is 7.42. The van der Waals surface area contributed by atoms with Gasteiger partial charge in [0.05, 0.1) is 5.75 Å². The van der Waals surface area contributed by atoms with Crippen molar-refractivity contribution in [2.75, 3.05) is 12.4 Å². The maximum Gasteiger partial charge on any atom is 0.327 e. The number of nitrogens with two attached hydrogens (primary N) is 1. The van der Waals surface area contributed by atoms with Crippen molar-refractivity contribution in [2.24, 2.45) is 17.6 Å². The molecule has 2 unspecified atom stereocenters. The third-order valence-corrected chi connectivity index (χ3v) is 6.91. The number of carboxylic acid groups (broad SMARTS) is 1. The maximum absolute atomic E-state index is 13.1. The molecule has 0 saturated heterocycles. The number of hydrogen-bond donors (Lipinski definition) is 3. The average Bonchev–Trinajstić information content (AvgIpc) is 2.66. The molecule has 0 fully saturated rings. The van der Waals surface area contributed by atoms with Gasteiger partial charge in [-0.1, -0.05) is 57.5 Å². The molecule has 29 heavy (non-hydrogen) atoms. The quantitative estimate of drug-likeness (QED) is 0.455. The van der Waals surface area contributed by atoms with Crippen LogP contribution >= 0.6 is 0 Å². The predicted molar refractivity (Wildman–Crippen MR) is 110 cm³/mol. The van der Waals surface area contributed by atoms with Gasteiger partial charge in [0, 0.05) is 25.0 Å². The van der Waals surface area contributed by atoms with E-state index in [-0.39, 0.29) is 12.3 Å². The number of carboxylic acids is 1. The van der Waals surface area contributed by atoms with Crippen molar-refractivity contribution in [1.82, 2.24) is 4.31 Å². The topological polar surface area (TPSA) is 138 Å². The lowest BCUT2D eigenvalue weighted by atomic mass is 10.00. The summed E-state index contributed by atoms with van der Waals surface area (Å²) in [4.78, 5) is 24.8. The minimum atomic E-state index is -4.31. The normalized spacial score (nSPS) is 15.9. The second-order valence-corrected chi connectivity index (χ2v) is 9.31. The molecule has 0 saturated carbocycles. The van der Waals surface area contributed by atoms with Crippen molar-refractivity contribution < 1.29 is 28.2 Å². The second kappa shape index (κ2) is 11.3. The summed E-state index contributed by atoms with van der Waals surface area (Å²) in [6.45, 7) is 4.66. The van der Waals surface area contributed by atoms with Crippen LogP contribution in [0.15, 0.2) is 30.3 Å². The van der Waals surface area contributed by atoms with E-state index in [2.05, 4.69) is 0 Å². The van der Waals surface area contributed by atoms with Gasteiger partial charge in [-0.05, 0) is 17.9 Å². The Morgan fingerprint density at radius 2 is 1.76 bits per heavy atom. The third-order valence-electron chi connectivity index (χ3n) is 5.07. The van der Waals surface area contributed by atoms with E-state index >= 15 is 0 Å². The Hall–Kier alpha value is -1.97. The SMILES string of the molecule is CC[C@H](C)C(N)CS(=O)(=O)N(C(=O)C(C)Cc1ccccc1)[C@@H](CCO)C(=O)O. The number of aliphatic hydroxyl groups excluding tert-OH is 1. The van der Waals surface area contributed by atoms with E-state index in [4.69, 9.17) is 5.73 Å². The van der Waals surface area contributed by atoms with Gasteiger partial charge in [-0.15, -0.1) is 0 Å².